The van der Waals surface area contributed by atoms with E-state index in [0.717, 1.165) is 10.9 Å². The molecule has 0 aliphatic carbocycles. The number of para-hydroxylation sites is 1. The van der Waals surface area contributed by atoms with Crippen LogP contribution in [0.1, 0.15) is 53.3 Å². The Labute approximate surface area is 163 Å². The minimum absolute atomic E-state index is 0.224. The van der Waals surface area contributed by atoms with Crippen molar-refractivity contribution in [1.82, 2.24) is 4.57 Å². The molecule has 2 aromatic rings. The van der Waals surface area contributed by atoms with Gasteiger partial charge < -0.3 is 14.0 Å². The van der Waals surface area contributed by atoms with Gasteiger partial charge in [0.05, 0.1) is 21.8 Å². The summed E-state index contributed by atoms with van der Waals surface area (Å²) in [6.07, 6.45) is 1.63. The Balaban J connectivity index is 2.14. The molecule has 0 saturated heterocycles. The van der Waals surface area contributed by atoms with Crippen LogP contribution in [0.3, 0.4) is 0 Å². The number of hydrogen-bond acceptors (Lipinski definition) is 4. The quantitative estimate of drug-likeness (QED) is 0.684. The van der Waals surface area contributed by atoms with Gasteiger partial charge >= 0.3 is 11.9 Å². The summed E-state index contributed by atoms with van der Waals surface area (Å²) < 4.78 is 12.9. The standard InChI is InChI=1S/C21H24ClNO4/c1-20(2,3)26-18(24)13-11-15-16(22)12-9-7-8-10-14(12)23(15)17(13)19(25)27-21(4,5)6/h7-11,17H,1-6H3. The van der Waals surface area contributed by atoms with E-state index in [1.165, 1.54) is 0 Å². The van der Waals surface area contributed by atoms with Crippen LogP contribution >= 0.6 is 11.6 Å². The molecule has 0 saturated carbocycles. The first-order valence-corrected chi connectivity index (χ1v) is 9.23. The lowest BCUT2D eigenvalue weighted by Gasteiger charge is -2.26. The normalized spacial score (nSPS) is 16.9. The molecular weight excluding hydrogens is 366 g/mol. The van der Waals surface area contributed by atoms with Crippen LogP contribution in [0.25, 0.3) is 17.0 Å². The predicted molar refractivity (Wildman–Crippen MR) is 106 cm³/mol. The zero-order valence-corrected chi connectivity index (χ0v) is 17.2. The number of nitrogens with zero attached hydrogens (tertiary/aromatic N) is 1. The molecule has 0 N–H and O–H groups in total. The molecule has 27 heavy (non-hydrogen) atoms. The van der Waals surface area contributed by atoms with Crippen LogP contribution < -0.4 is 0 Å². The summed E-state index contributed by atoms with van der Waals surface area (Å²) in [4.78, 5) is 25.8. The van der Waals surface area contributed by atoms with Crippen molar-refractivity contribution in [3.63, 3.8) is 0 Å². The van der Waals surface area contributed by atoms with Crippen molar-refractivity contribution < 1.29 is 19.1 Å². The molecule has 3 rings (SSSR count). The number of hydrogen-bond donors (Lipinski definition) is 0. The number of rotatable bonds is 2. The predicted octanol–water partition coefficient (Wildman–Crippen LogP) is 4.92. The Morgan fingerprint density at radius 2 is 1.59 bits per heavy atom. The number of esters is 2. The van der Waals surface area contributed by atoms with Crippen molar-refractivity contribution >= 4 is 40.5 Å². The monoisotopic (exact) mass is 389 g/mol. The Hall–Kier alpha value is -2.27. The van der Waals surface area contributed by atoms with Gasteiger partial charge in [-0.15, -0.1) is 0 Å². The van der Waals surface area contributed by atoms with Gasteiger partial charge in [0.25, 0.3) is 0 Å². The SMILES string of the molecule is CC(C)(C)OC(=O)C1=Cc2c(Cl)c3ccccc3n2C1C(=O)OC(C)(C)C. The molecule has 0 fully saturated rings. The molecular formula is C21H24ClNO4. The van der Waals surface area contributed by atoms with Crippen molar-refractivity contribution in [2.45, 2.75) is 58.8 Å². The number of ether oxygens (including phenoxy) is 2. The zero-order chi connectivity index (χ0) is 20.1. The molecule has 0 amide bonds. The highest BCUT2D eigenvalue weighted by atomic mass is 35.5. The third-order valence-electron chi connectivity index (χ3n) is 3.99. The van der Waals surface area contributed by atoms with Crippen LogP contribution in [0.2, 0.25) is 5.02 Å². The van der Waals surface area contributed by atoms with Gasteiger partial charge in [-0.25, -0.2) is 9.59 Å². The first kappa shape index (κ1) is 19.5. The molecule has 5 nitrogen and oxygen atoms in total. The number of carbonyl (C=O) groups excluding carboxylic acids is 2. The first-order valence-electron chi connectivity index (χ1n) is 8.85. The molecule has 2 heterocycles. The first-order chi connectivity index (χ1) is 12.4. The fraction of sp³-hybridized carbons (Fsp3) is 0.429. The molecule has 1 atom stereocenters. The fourth-order valence-corrected chi connectivity index (χ4v) is 3.42. The van der Waals surface area contributed by atoms with E-state index in [0.29, 0.717) is 10.7 Å². The van der Waals surface area contributed by atoms with Crippen molar-refractivity contribution in [3.05, 3.63) is 40.6 Å². The summed E-state index contributed by atoms with van der Waals surface area (Å²) in [5.41, 5.74) is 0.227. The van der Waals surface area contributed by atoms with Gasteiger partial charge in [0.1, 0.15) is 11.2 Å². The van der Waals surface area contributed by atoms with Gasteiger partial charge in [-0.1, -0.05) is 29.8 Å². The summed E-state index contributed by atoms with van der Waals surface area (Å²) in [5.74, 6) is -1.07. The van der Waals surface area contributed by atoms with Gasteiger partial charge in [-0.2, -0.15) is 0 Å². The van der Waals surface area contributed by atoms with E-state index >= 15 is 0 Å². The molecule has 0 bridgehead atoms. The summed E-state index contributed by atoms with van der Waals surface area (Å²) in [5, 5.41) is 1.32. The Kier molecular flexibility index (Phi) is 4.63. The average Bonchev–Trinajstić information content (AvgIpc) is 3.02. The molecule has 0 radical (unpaired) electrons. The molecule has 0 spiro atoms. The molecule has 1 aliphatic rings. The lowest BCUT2D eigenvalue weighted by Crippen LogP contribution is -2.33. The maximum Gasteiger partial charge on any atom is 0.337 e. The van der Waals surface area contributed by atoms with Gasteiger partial charge in [-0.05, 0) is 53.7 Å². The van der Waals surface area contributed by atoms with Gasteiger partial charge in [0, 0.05) is 5.39 Å². The highest BCUT2D eigenvalue weighted by Gasteiger charge is 2.41. The minimum Gasteiger partial charge on any atom is -0.458 e. The number of carbonyl (C=O) groups is 2. The lowest BCUT2D eigenvalue weighted by molar-refractivity contribution is -0.161. The fourth-order valence-electron chi connectivity index (χ4n) is 3.12. The minimum atomic E-state index is -0.938. The lowest BCUT2D eigenvalue weighted by atomic mass is 10.1. The topological polar surface area (TPSA) is 57.5 Å². The van der Waals surface area contributed by atoms with Crippen LogP contribution in [-0.2, 0) is 19.1 Å². The van der Waals surface area contributed by atoms with Gasteiger partial charge in [0.2, 0.25) is 0 Å². The smallest absolute Gasteiger partial charge is 0.337 e. The summed E-state index contributed by atoms with van der Waals surface area (Å²) in [6, 6.07) is 6.56. The van der Waals surface area contributed by atoms with Crippen LogP contribution in [0.4, 0.5) is 0 Å². The van der Waals surface area contributed by atoms with Crippen LogP contribution in [-0.4, -0.2) is 27.7 Å². The maximum absolute atomic E-state index is 13.0. The highest BCUT2D eigenvalue weighted by Crippen LogP contribution is 2.43. The second-order valence-corrected chi connectivity index (χ2v) is 9.00. The van der Waals surface area contributed by atoms with E-state index in [-0.39, 0.29) is 5.57 Å². The van der Waals surface area contributed by atoms with E-state index in [2.05, 4.69) is 0 Å². The van der Waals surface area contributed by atoms with Crippen molar-refractivity contribution in [3.8, 4) is 0 Å². The van der Waals surface area contributed by atoms with Crippen molar-refractivity contribution in [2.24, 2.45) is 0 Å². The molecule has 1 aromatic carbocycles. The molecule has 144 valence electrons. The third-order valence-corrected chi connectivity index (χ3v) is 4.39. The van der Waals surface area contributed by atoms with E-state index in [1.807, 2.05) is 24.3 Å². The number of fused-ring (bicyclic) bond motifs is 3. The Morgan fingerprint density at radius 1 is 1.00 bits per heavy atom. The Bertz CT molecular complexity index is 957. The van der Waals surface area contributed by atoms with Crippen molar-refractivity contribution in [1.29, 1.82) is 0 Å². The van der Waals surface area contributed by atoms with Gasteiger partial charge in [-0.3, -0.25) is 0 Å². The van der Waals surface area contributed by atoms with E-state index in [9.17, 15) is 9.59 Å². The summed E-state index contributed by atoms with van der Waals surface area (Å²) in [6.45, 7) is 10.7. The number of benzene rings is 1. The maximum atomic E-state index is 13.0. The molecule has 1 aromatic heterocycles. The highest BCUT2D eigenvalue weighted by molar-refractivity contribution is 6.37. The van der Waals surface area contributed by atoms with E-state index < -0.39 is 29.2 Å². The van der Waals surface area contributed by atoms with Crippen LogP contribution in [0, 0.1) is 0 Å². The van der Waals surface area contributed by atoms with E-state index in [1.54, 1.807) is 52.2 Å². The summed E-state index contributed by atoms with van der Waals surface area (Å²) >= 11 is 6.54. The second kappa shape index (κ2) is 6.41. The largest absolute Gasteiger partial charge is 0.458 e. The second-order valence-electron chi connectivity index (χ2n) is 8.62. The van der Waals surface area contributed by atoms with Crippen molar-refractivity contribution in [2.75, 3.05) is 0 Å². The van der Waals surface area contributed by atoms with E-state index in [4.69, 9.17) is 21.1 Å². The average molecular weight is 390 g/mol. The summed E-state index contributed by atoms with van der Waals surface area (Å²) in [7, 11) is 0. The molecule has 1 unspecified atom stereocenters. The number of halogens is 1. The number of aromatic nitrogens is 1. The molecule has 1 aliphatic heterocycles. The zero-order valence-electron chi connectivity index (χ0n) is 16.4. The Morgan fingerprint density at radius 3 is 2.19 bits per heavy atom. The third kappa shape index (κ3) is 3.74. The van der Waals surface area contributed by atoms with Gasteiger partial charge in [0.15, 0.2) is 6.04 Å². The van der Waals surface area contributed by atoms with Crippen LogP contribution in [0.5, 0.6) is 0 Å². The van der Waals surface area contributed by atoms with Crippen LogP contribution in [0.15, 0.2) is 29.8 Å². The molecule has 6 heteroatoms.